The first kappa shape index (κ1) is 23.8. The van der Waals surface area contributed by atoms with Crippen molar-refractivity contribution in [3.05, 3.63) is 64.2 Å². The molecule has 1 heterocycles. The maximum atomic E-state index is 13.0. The Hall–Kier alpha value is -2.90. The summed E-state index contributed by atoms with van der Waals surface area (Å²) in [5, 5.41) is 0.499. The Kier molecular flexibility index (Phi) is 7.88. The highest BCUT2D eigenvalue weighted by atomic mass is 35.5. The van der Waals surface area contributed by atoms with Gasteiger partial charge in [-0.25, -0.2) is 4.79 Å². The second-order valence-electron chi connectivity index (χ2n) is 7.62. The van der Waals surface area contributed by atoms with Crippen LogP contribution in [0.2, 0.25) is 5.02 Å². The molecule has 8 heteroatoms. The number of Topliss-reactive ketones (excluding diaryl/α,β-unsaturated/α-hetero) is 1. The summed E-state index contributed by atoms with van der Waals surface area (Å²) in [6.07, 6.45) is 0.134. The number of piperazine rings is 1. The van der Waals surface area contributed by atoms with E-state index in [0.29, 0.717) is 53.6 Å². The molecule has 0 radical (unpaired) electrons. The Labute approximate surface area is 192 Å². The molecule has 2 aromatic carbocycles. The Bertz CT molecular complexity index is 1000. The highest BCUT2D eigenvalue weighted by Crippen LogP contribution is 2.30. The normalized spacial score (nSPS) is 15.2. The molecular weight excluding hydrogens is 432 g/mol. The molecule has 0 saturated carbocycles. The Morgan fingerprint density at radius 3 is 2.31 bits per heavy atom. The monoisotopic (exact) mass is 458 g/mol. The van der Waals surface area contributed by atoms with Crippen LogP contribution in [0.1, 0.15) is 34.5 Å². The zero-order valence-corrected chi connectivity index (χ0v) is 19.2. The largest absolute Gasteiger partial charge is 0.496 e. The number of ketones is 1. The van der Waals surface area contributed by atoms with E-state index >= 15 is 0 Å². The Morgan fingerprint density at radius 2 is 1.72 bits per heavy atom. The second-order valence-corrected chi connectivity index (χ2v) is 8.03. The van der Waals surface area contributed by atoms with Crippen molar-refractivity contribution in [2.24, 2.45) is 0 Å². The summed E-state index contributed by atoms with van der Waals surface area (Å²) < 4.78 is 10.4. The maximum absolute atomic E-state index is 13.0. The van der Waals surface area contributed by atoms with Crippen LogP contribution in [0.3, 0.4) is 0 Å². The van der Waals surface area contributed by atoms with Gasteiger partial charge in [0.15, 0.2) is 5.78 Å². The van der Waals surface area contributed by atoms with E-state index < -0.39 is 6.04 Å². The minimum Gasteiger partial charge on any atom is -0.496 e. The van der Waals surface area contributed by atoms with Crippen LogP contribution in [0.5, 0.6) is 5.75 Å². The van der Waals surface area contributed by atoms with Crippen LogP contribution in [0.4, 0.5) is 0 Å². The van der Waals surface area contributed by atoms with Gasteiger partial charge >= 0.3 is 5.97 Å². The zero-order chi connectivity index (χ0) is 23.3. The molecule has 3 rings (SSSR count). The van der Waals surface area contributed by atoms with Crippen LogP contribution in [0.25, 0.3) is 0 Å². The van der Waals surface area contributed by atoms with Gasteiger partial charge in [-0.3, -0.25) is 14.5 Å². The Morgan fingerprint density at radius 1 is 1.03 bits per heavy atom. The van der Waals surface area contributed by atoms with Crippen LogP contribution >= 0.6 is 11.6 Å². The van der Waals surface area contributed by atoms with E-state index in [-0.39, 0.29) is 24.1 Å². The van der Waals surface area contributed by atoms with Gasteiger partial charge in [-0.2, -0.15) is 0 Å². The van der Waals surface area contributed by atoms with E-state index in [1.54, 1.807) is 29.2 Å². The molecule has 32 heavy (non-hydrogen) atoms. The number of halogens is 1. The van der Waals surface area contributed by atoms with Crippen LogP contribution in [-0.2, 0) is 20.7 Å². The number of methoxy groups -OCH3 is 2. The third-order valence-electron chi connectivity index (χ3n) is 5.68. The van der Waals surface area contributed by atoms with Gasteiger partial charge in [0, 0.05) is 42.3 Å². The summed E-state index contributed by atoms with van der Waals surface area (Å²) in [5.74, 6) is 0.0644. The summed E-state index contributed by atoms with van der Waals surface area (Å²) in [6, 6.07) is 11.7. The van der Waals surface area contributed by atoms with Crippen LogP contribution in [0.15, 0.2) is 42.5 Å². The fourth-order valence-electron chi connectivity index (χ4n) is 3.92. The van der Waals surface area contributed by atoms with Crippen molar-refractivity contribution in [3.63, 3.8) is 0 Å². The predicted octanol–water partition coefficient (Wildman–Crippen LogP) is 3.15. The van der Waals surface area contributed by atoms with Crippen LogP contribution in [0, 0.1) is 0 Å². The minimum atomic E-state index is -0.627. The Balaban J connectivity index is 1.70. The van der Waals surface area contributed by atoms with E-state index in [9.17, 15) is 14.4 Å². The van der Waals surface area contributed by atoms with Gasteiger partial charge in [-0.15, -0.1) is 0 Å². The molecule has 7 nitrogen and oxygen atoms in total. The first-order chi connectivity index (χ1) is 15.3. The van der Waals surface area contributed by atoms with Gasteiger partial charge in [0.2, 0.25) is 5.91 Å². The molecule has 1 amide bonds. The average molecular weight is 459 g/mol. The number of hydrogen-bond acceptors (Lipinski definition) is 6. The van der Waals surface area contributed by atoms with Crippen molar-refractivity contribution in [1.82, 2.24) is 9.80 Å². The minimum absolute atomic E-state index is 0.0592. The number of nitrogens with zero attached hydrogens (tertiary/aromatic N) is 2. The van der Waals surface area contributed by atoms with Crippen molar-refractivity contribution in [3.8, 4) is 5.75 Å². The lowest BCUT2D eigenvalue weighted by molar-refractivity contribution is -0.148. The summed E-state index contributed by atoms with van der Waals surface area (Å²) >= 11 is 6.34. The molecule has 1 aliphatic rings. The predicted molar refractivity (Wildman–Crippen MR) is 121 cm³/mol. The van der Waals surface area contributed by atoms with Crippen LogP contribution < -0.4 is 4.74 Å². The summed E-state index contributed by atoms with van der Waals surface area (Å²) in [4.78, 5) is 41.0. The molecule has 1 saturated heterocycles. The van der Waals surface area contributed by atoms with E-state index in [4.69, 9.17) is 21.1 Å². The molecule has 1 atom stereocenters. The molecule has 0 unspecified atom stereocenters. The average Bonchev–Trinajstić information content (AvgIpc) is 2.80. The molecule has 0 aliphatic carbocycles. The third kappa shape index (κ3) is 5.29. The van der Waals surface area contributed by atoms with E-state index in [2.05, 4.69) is 0 Å². The smallest absolute Gasteiger partial charge is 0.327 e. The van der Waals surface area contributed by atoms with Crippen LogP contribution in [-0.4, -0.2) is 67.9 Å². The lowest BCUT2D eigenvalue weighted by Crippen LogP contribution is -2.51. The van der Waals surface area contributed by atoms with Gasteiger partial charge < -0.3 is 14.4 Å². The van der Waals surface area contributed by atoms with E-state index in [1.165, 1.54) is 21.1 Å². The molecule has 0 bridgehead atoms. The van der Waals surface area contributed by atoms with E-state index in [0.717, 1.165) is 0 Å². The van der Waals surface area contributed by atoms with Gasteiger partial charge in [0.25, 0.3) is 0 Å². The van der Waals surface area contributed by atoms with Crippen molar-refractivity contribution >= 4 is 29.3 Å². The number of rotatable bonds is 7. The van der Waals surface area contributed by atoms with Crippen molar-refractivity contribution in [2.45, 2.75) is 19.4 Å². The number of amides is 1. The van der Waals surface area contributed by atoms with Crippen molar-refractivity contribution in [1.29, 1.82) is 0 Å². The third-order valence-corrected chi connectivity index (χ3v) is 6.03. The quantitative estimate of drug-likeness (QED) is 0.468. The first-order valence-electron chi connectivity index (χ1n) is 10.4. The molecule has 0 aromatic heterocycles. The fourth-order valence-corrected chi connectivity index (χ4v) is 4.16. The van der Waals surface area contributed by atoms with Crippen molar-refractivity contribution < 1.29 is 23.9 Å². The van der Waals surface area contributed by atoms with Gasteiger partial charge in [0.05, 0.1) is 20.6 Å². The molecule has 2 aromatic rings. The summed E-state index contributed by atoms with van der Waals surface area (Å²) in [5.41, 5.74) is 1.90. The van der Waals surface area contributed by atoms with Gasteiger partial charge in [-0.05, 0) is 36.8 Å². The fraction of sp³-hybridized carbons (Fsp3) is 0.375. The summed E-state index contributed by atoms with van der Waals surface area (Å²) in [6.45, 7) is 3.42. The zero-order valence-electron chi connectivity index (χ0n) is 18.5. The number of ether oxygens (including phenoxy) is 2. The molecular formula is C24H27ClN2O5. The first-order valence-corrected chi connectivity index (χ1v) is 10.8. The highest BCUT2D eigenvalue weighted by molar-refractivity contribution is 6.31. The summed E-state index contributed by atoms with van der Waals surface area (Å²) in [7, 11) is 2.89. The second kappa shape index (κ2) is 10.6. The molecule has 0 N–H and O–H groups in total. The number of carbonyl (C=O) groups is 3. The van der Waals surface area contributed by atoms with Gasteiger partial charge in [-0.1, -0.05) is 29.8 Å². The number of benzene rings is 2. The molecule has 1 fully saturated rings. The SMILES string of the molecule is COC(=O)[C@H](c1ccccc1Cl)N1CCN(C(=O)Cc2cc(C(C)=O)ccc2OC)CC1. The number of esters is 1. The topological polar surface area (TPSA) is 76.2 Å². The lowest BCUT2D eigenvalue weighted by atomic mass is 10.0. The lowest BCUT2D eigenvalue weighted by Gasteiger charge is -2.38. The van der Waals surface area contributed by atoms with E-state index in [1.807, 2.05) is 23.1 Å². The number of carbonyl (C=O) groups excluding carboxylic acids is 3. The van der Waals surface area contributed by atoms with Crippen molar-refractivity contribution in [2.75, 3.05) is 40.4 Å². The molecule has 170 valence electrons. The molecule has 1 aliphatic heterocycles. The highest BCUT2D eigenvalue weighted by Gasteiger charge is 2.33. The number of hydrogen-bond donors (Lipinski definition) is 0. The molecule has 0 spiro atoms. The standard InChI is InChI=1S/C24H27ClN2O5/c1-16(28)17-8-9-21(31-2)18(14-17)15-22(29)26-10-12-27(13-11-26)23(24(30)32-3)19-6-4-5-7-20(19)25/h4-9,14,23H,10-13,15H2,1-3H3/t23-/m0/s1. The maximum Gasteiger partial charge on any atom is 0.327 e. The van der Waals surface area contributed by atoms with Gasteiger partial charge in [0.1, 0.15) is 11.8 Å².